The highest BCUT2D eigenvalue weighted by molar-refractivity contribution is 5.75. The van der Waals surface area contributed by atoms with Crippen molar-refractivity contribution in [3.63, 3.8) is 0 Å². The highest BCUT2D eigenvalue weighted by Gasteiger charge is 2.30. The summed E-state index contributed by atoms with van der Waals surface area (Å²) in [6, 6.07) is 11.3. The van der Waals surface area contributed by atoms with Crippen LogP contribution in [0, 0.1) is 0 Å². The number of benzene rings is 2. The Morgan fingerprint density at radius 1 is 1.00 bits per heavy atom. The zero-order valence-electron chi connectivity index (χ0n) is 10.8. The zero-order chi connectivity index (χ0) is 14.2. The summed E-state index contributed by atoms with van der Waals surface area (Å²) in [5, 5.41) is 3.30. The maximum atomic E-state index is 12.8. The van der Waals surface area contributed by atoms with E-state index in [4.69, 9.17) is 0 Å². The van der Waals surface area contributed by atoms with Crippen LogP contribution in [-0.2, 0) is 12.6 Å². The lowest BCUT2D eigenvalue weighted by Crippen LogP contribution is -2.12. The fraction of sp³-hybridized carbons (Fsp3) is 0.250. The van der Waals surface area contributed by atoms with Crippen LogP contribution in [0.5, 0.6) is 0 Å². The van der Waals surface area contributed by atoms with Gasteiger partial charge in [-0.05, 0) is 47.7 Å². The molecule has 0 unspecified atom stereocenters. The summed E-state index contributed by atoms with van der Waals surface area (Å²) in [6.45, 7) is 0.916. The van der Waals surface area contributed by atoms with Crippen LogP contribution >= 0.6 is 0 Å². The summed E-state index contributed by atoms with van der Waals surface area (Å²) < 4.78 is 38.4. The molecular formula is C16H14F3N. The molecule has 1 nitrogen and oxygen atoms in total. The molecule has 1 heterocycles. The van der Waals surface area contributed by atoms with Gasteiger partial charge in [0.2, 0.25) is 0 Å². The van der Waals surface area contributed by atoms with E-state index in [1.54, 1.807) is 6.07 Å². The van der Waals surface area contributed by atoms with Crippen LogP contribution in [0.25, 0.3) is 11.1 Å². The second-order valence-corrected chi connectivity index (χ2v) is 4.94. The molecule has 1 N–H and O–H groups in total. The van der Waals surface area contributed by atoms with E-state index in [1.807, 2.05) is 18.2 Å². The molecule has 2 aromatic rings. The van der Waals surface area contributed by atoms with Gasteiger partial charge in [-0.3, -0.25) is 0 Å². The first-order valence-corrected chi connectivity index (χ1v) is 6.59. The predicted molar refractivity (Wildman–Crippen MR) is 73.7 cm³/mol. The summed E-state index contributed by atoms with van der Waals surface area (Å²) in [4.78, 5) is 0. The highest BCUT2D eigenvalue weighted by atomic mass is 19.4. The van der Waals surface area contributed by atoms with Gasteiger partial charge in [0.25, 0.3) is 0 Å². The monoisotopic (exact) mass is 277 g/mol. The minimum atomic E-state index is -4.30. The van der Waals surface area contributed by atoms with Gasteiger partial charge in [0.05, 0.1) is 5.56 Å². The van der Waals surface area contributed by atoms with Gasteiger partial charge < -0.3 is 5.32 Å². The second-order valence-electron chi connectivity index (χ2n) is 4.94. The Kier molecular flexibility index (Phi) is 3.16. The van der Waals surface area contributed by atoms with Gasteiger partial charge in [0, 0.05) is 12.2 Å². The predicted octanol–water partition coefficient (Wildman–Crippen LogP) is 4.73. The van der Waals surface area contributed by atoms with Gasteiger partial charge in [-0.25, -0.2) is 0 Å². The number of anilines is 1. The average Bonchev–Trinajstić information content (AvgIpc) is 2.46. The smallest absolute Gasteiger partial charge is 0.385 e. The minimum Gasteiger partial charge on any atom is -0.385 e. The van der Waals surface area contributed by atoms with Gasteiger partial charge in [0.1, 0.15) is 0 Å². The first-order chi connectivity index (χ1) is 9.55. The number of alkyl halides is 3. The van der Waals surface area contributed by atoms with Crippen molar-refractivity contribution >= 4 is 5.69 Å². The number of halogens is 3. The van der Waals surface area contributed by atoms with Crippen LogP contribution in [0.1, 0.15) is 17.5 Å². The van der Waals surface area contributed by atoms with Crippen molar-refractivity contribution in [1.82, 2.24) is 0 Å². The normalized spacial score (nSPS) is 14.6. The third-order valence-electron chi connectivity index (χ3n) is 3.60. The molecule has 1 aliphatic heterocycles. The van der Waals surface area contributed by atoms with E-state index in [1.165, 1.54) is 12.1 Å². The molecule has 1 aliphatic rings. The van der Waals surface area contributed by atoms with Crippen molar-refractivity contribution in [3.8, 4) is 11.1 Å². The molecular weight excluding hydrogens is 263 g/mol. The molecule has 0 amide bonds. The van der Waals surface area contributed by atoms with E-state index in [2.05, 4.69) is 5.32 Å². The van der Waals surface area contributed by atoms with Crippen LogP contribution in [0.4, 0.5) is 18.9 Å². The van der Waals surface area contributed by atoms with E-state index < -0.39 is 11.7 Å². The first-order valence-electron chi connectivity index (χ1n) is 6.59. The number of nitrogens with one attached hydrogen (secondary N) is 1. The molecule has 4 heteroatoms. The van der Waals surface area contributed by atoms with Crippen molar-refractivity contribution in [1.29, 1.82) is 0 Å². The lowest BCUT2D eigenvalue weighted by atomic mass is 9.92. The molecule has 104 valence electrons. The minimum absolute atomic E-state index is 0.601. The highest BCUT2D eigenvalue weighted by Crippen LogP contribution is 2.36. The first kappa shape index (κ1) is 13.0. The zero-order valence-corrected chi connectivity index (χ0v) is 10.8. The summed E-state index contributed by atoms with van der Waals surface area (Å²) in [5.74, 6) is 0. The van der Waals surface area contributed by atoms with Crippen molar-refractivity contribution < 1.29 is 13.2 Å². The SMILES string of the molecule is FC(F)(F)c1cccc(-c2cccc3c2CCCN3)c1. The van der Waals surface area contributed by atoms with E-state index in [0.717, 1.165) is 42.3 Å². The number of rotatable bonds is 1. The Morgan fingerprint density at radius 2 is 1.80 bits per heavy atom. The maximum Gasteiger partial charge on any atom is 0.416 e. The van der Waals surface area contributed by atoms with E-state index >= 15 is 0 Å². The second kappa shape index (κ2) is 4.85. The number of fused-ring (bicyclic) bond motifs is 1. The van der Waals surface area contributed by atoms with Crippen molar-refractivity contribution in [2.45, 2.75) is 19.0 Å². The van der Waals surface area contributed by atoms with E-state index in [0.29, 0.717) is 5.56 Å². The van der Waals surface area contributed by atoms with Crippen LogP contribution in [0.15, 0.2) is 42.5 Å². The Morgan fingerprint density at radius 3 is 2.60 bits per heavy atom. The fourth-order valence-electron chi connectivity index (χ4n) is 2.64. The van der Waals surface area contributed by atoms with Crippen molar-refractivity contribution in [3.05, 3.63) is 53.6 Å². The molecule has 0 radical (unpaired) electrons. The quantitative estimate of drug-likeness (QED) is 0.794. The molecule has 0 spiro atoms. The fourth-order valence-corrected chi connectivity index (χ4v) is 2.64. The standard InChI is InChI=1S/C16H14F3N/c17-16(18,19)12-5-1-4-11(10-12)13-6-2-8-15-14(13)7-3-9-20-15/h1-2,4-6,8,10,20H,3,7,9H2. The van der Waals surface area contributed by atoms with E-state index in [9.17, 15) is 13.2 Å². The Balaban J connectivity index is 2.10. The summed E-state index contributed by atoms with van der Waals surface area (Å²) in [5.41, 5.74) is 3.06. The molecule has 2 aromatic carbocycles. The molecule has 20 heavy (non-hydrogen) atoms. The van der Waals surface area contributed by atoms with Crippen LogP contribution < -0.4 is 5.32 Å². The summed E-state index contributed by atoms with van der Waals surface area (Å²) in [7, 11) is 0. The van der Waals surface area contributed by atoms with Gasteiger partial charge in [-0.15, -0.1) is 0 Å². The van der Waals surface area contributed by atoms with Crippen molar-refractivity contribution in [2.24, 2.45) is 0 Å². The molecule has 0 aliphatic carbocycles. The van der Waals surface area contributed by atoms with Gasteiger partial charge >= 0.3 is 6.18 Å². The summed E-state index contributed by atoms with van der Waals surface area (Å²) in [6.07, 6.45) is -2.40. The molecule has 0 fully saturated rings. The topological polar surface area (TPSA) is 12.0 Å². The number of hydrogen-bond donors (Lipinski definition) is 1. The van der Waals surface area contributed by atoms with Gasteiger partial charge in [0.15, 0.2) is 0 Å². The molecule has 0 saturated carbocycles. The van der Waals surface area contributed by atoms with Crippen molar-refractivity contribution in [2.75, 3.05) is 11.9 Å². The molecule has 3 rings (SSSR count). The third kappa shape index (κ3) is 2.38. The molecule has 0 atom stereocenters. The van der Waals surface area contributed by atoms with Gasteiger partial charge in [-0.1, -0.05) is 24.3 Å². The largest absolute Gasteiger partial charge is 0.416 e. The van der Waals surface area contributed by atoms with E-state index in [-0.39, 0.29) is 0 Å². The average molecular weight is 277 g/mol. The van der Waals surface area contributed by atoms with Crippen LogP contribution in [0.2, 0.25) is 0 Å². The van der Waals surface area contributed by atoms with Gasteiger partial charge in [-0.2, -0.15) is 13.2 Å². The Labute approximate surface area is 115 Å². The molecule has 0 saturated heterocycles. The maximum absolute atomic E-state index is 12.8. The van der Waals surface area contributed by atoms with Crippen LogP contribution in [0.3, 0.4) is 0 Å². The Hall–Kier alpha value is -1.97. The third-order valence-corrected chi connectivity index (χ3v) is 3.60. The van der Waals surface area contributed by atoms with Crippen LogP contribution in [-0.4, -0.2) is 6.54 Å². The Bertz CT molecular complexity index is 632. The summed E-state index contributed by atoms with van der Waals surface area (Å²) >= 11 is 0. The lowest BCUT2D eigenvalue weighted by molar-refractivity contribution is -0.137. The lowest BCUT2D eigenvalue weighted by Gasteiger charge is -2.21. The molecule has 0 bridgehead atoms. The molecule has 0 aromatic heterocycles. The number of hydrogen-bond acceptors (Lipinski definition) is 1.